The lowest BCUT2D eigenvalue weighted by Gasteiger charge is -2.26. The predicted octanol–water partition coefficient (Wildman–Crippen LogP) is 2.55. The molecule has 1 saturated carbocycles. The van der Waals surface area contributed by atoms with Crippen LogP contribution in [0.15, 0.2) is 12.1 Å². The van der Waals surface area contributed by atoms with Crippen LogP contribution < -0.4 is 10.2 Å². The van der Waals surface area contributed by atoms with Gasteiger partial charge in [0.15, 0.2) is 0 Å². The largest absolute Gasteiger partial charge is 0.366 e. The SMILES string of the molecule is Cc1cc2c3c(c1)[C@H]1CCC[C@H]1N3CCNC2. The van der Waals surface area contributed by atoms with Gasteiger partial charge < -0.3 is 10.2 Å². The molecule has 17 heavy (non-hydrogen) atoms. The fourth-order valence-electron chi connectivity index (χ4n) is 4.19. The summed E-state index contributed by atoms with van der Waals surface area (Å²) in [5.41, 5.74) is 6.23. The van der Waals surface area contributed by atoms with Gasteiger partial charge in [-0.25, -0.2) is 0 Å². The van der Waals surface area contributed by atoms with Gasteiger partial charge in [0.2, 0.25) is 0 Å². The molecule has 0 unspecified atom stereocenters. The number of aryl methyl sites for hydroxylation is 1. The van der Waals surface area contributed by atoms with E-state index in [1.807, 2.05) is 0 Å². The molecule has 1 aromatic carbocycles. The van der Waals surface area contributed by atoms with Gasteiger partial charge in [-0.2, -0.15) is 0 Å². The van der Waals surface area contributed by atoms with Gasteiger partial charge in [0.25, 0.3) is 0 Å². The van der Waals surface area contributed by atoms with Crippen molar-refractivity contribution in [3.05, 3.63) is 28.8 Å². The van der Waals surface area contributed by atoms with Crippen LogP contribution in [-0.4, -0.2) is 19.1 Å². The van der Waals surface area contributed by atoms with Crippen molar-refractivity contribution >= 4 is 5.69 Å². The number of benzene rings is 1. The third kappa shape index (κ3) is 1.30. The smallest absolute Gasteiger partial charge is 0.0451 e. The molecule has 0 spiro atoms. The molecule has 3 aliphatic rings. The highest BCUT2D eigenvalue weighted by atomic mass is 15.2. The molecule has 1 N–H and O–H groups in total. The van der Waals surface area contributed by atoms with Crippen LogP contribution in [0.4, 0.5) is 5.69 Å². The first-order chi connectivity index (χ1) is 8.34. The molecule has 1 aliphatic carbocycles. The molecule has 4 rings (SSSR count). The Morgan fingerprint density at radius 2 is 2.24 bits per heavy atom. The van der Waals surface area contributed by atoms with E-state index in [0.29, 0.717) is 0 Å². The van der Waals surface area contributed by atoms with E-state index in [-0.39, 0.29) is 0 Å². The van der Waals surface area contributed by atoms with Crippen LogP contribution in [0.1, 0.15) is 41.9 Å². The Balaban J connectivity index is 1.94. The highest BCUT2D eigenvalue weighted by molar-refractivity contribution is 5.68. The van der Waals surface area contributed by atoms with Gasteiger partial charge in [0.05, 0.1) is 0 Å². The average molecular weight is 228 g/mol. The topological polar surface area (TPSA) is 15.3 Å². The fraction of sp³-hybridized carbons (Fsp3) is 0.600. The van der Waals surface area contributed by atoms with Crippen molar-refractivity contribution in [2.75, 3.05) is 18.0 Å². The van der Waals surface area contributed by atoms with Gasteiger partial charge in [-0.3, -0.25) is 0 Å². The summed E-state index contributed by atoms with van der Waals surface area (Å²) in [6.07, 6.45) is 4.23. The second-order valence-electron chi connectivity index (χ2n) is 5.84. The molecule has 1 fully saturated rings. The first-order valence-corrected chi connectivity index (χ1v) is 6.95. The number of fused-ring (bicyclic) bond motifs is 3. The third-order valence-corrected chi connectivity index (χ3v) is 4.77. The van der Waals surface area contributed by atoms with Gasteiger partial charge in [-0.1, -0.05) is 24.1 Å². The molecule has 0 aromatic heterocycles. The van der Waals surface area contributed by atoms with Crippen molar-refractivity contribution in [2.45, 2.75) is 44.7 Å². The first kappa shape index (κ1) is 9.95. The van der Waals surface area contributed by atoms with Gasteiger partial charge in [-0.05, 0) is 30.9 Å². The van der Waals surface area contributed by atoms with Gasteiger partial charge in [0, 0.05) is 37.3 Å². The van der Waals surface area contributed by atoms with E-state index in [4.69, 9.17) is 0 Å². The molecule has 2 heteroatoms. The van der Waals surface area contributed by atoms with Gasteiger partial charge in [0.1, 0.15) is 0 Å². The standard InChI is InChI=1S/C15H20N2/c1-10-7-11-9-16-5-6-17-14-4-2-3-12(14)13(8-10)15(11)17/h7-8,12,14,16H,2-6,9H2,1H3/t12-,14-/m1/s1. The Morgan fingerprint density at radius 3 is 3.18 bits per heavy atom. The molecule has 2 heterocycles. The lowest BCUT2D eigenvalue weighted by Crippen LogP contribution is -2.35. The van der Waals surface area contributed by atoms with E-state index >= 15 is 0 Å². The quantitative estimate of drug-likeness (QED) is 0.734. The van der Waals surface area contributed by atoms with Gasteiger partial charge >= 0.3 is 0 Å². The van der Waals surface area contributed by atoms with Crippen LogP contribution in [0.3, 0.4) is 0 Å². The van der Waals surface area contributed by atoms with Crippen LogP contribution in [0.25, 0.3) is 0 Å². The Kier molecular flexibility index (Phi) is 2.04. The molecule has 0 amide bonds. The summed E-state index contributed by atoms with van der Waals surface area (Å²) >= 11 is 0. The Labute approximate surface area is 103 Å². The normalized spacial score (nSPS) is 30.1. The molecule has 0 radical (unpaired) electrons. The number of hydrogen-bond acceptors (Lipinski definition) is 2. The maximum Gasteiger partial charge on any atom is 0.0451 e. The highest BCUT2D eigenvalue weighted by Crippen LogP contribution is 2.51. The Hall–Kier alpha value is -1.02. The van der Waals surface area contributed by atoms with Crippen LogP contribution in [0.5, 0.6) is 0 Å². The van der Waals surface area contributed by atoms with Gasteiger partial charge in [-0.15, -0.1) is 0 Å². The molecular weight excluding hydrogens is 208 g/mol. The fourth-order valence-corrected chi connectivity index (χ4v) is 4.19. The zero-order valence-electron chi connectivity index (χ0n) is 10.5. The summed E-state index contributed by atoms with van der Waals surface area (Å²) in [6.45, 7) is 5.63. The number of nitrogens with zero attached hydrogens (tertiary/aromatic N) is 1. The second-order valence-corrected chi connectivity index (χ2v) is 5.84. The number of anilines is 1. The summed E-state index contributed by atoms with van der Waals surface area (Å²) in [5, 5.41) is 3.56. The monoisotopic (exact) mass is 228 g/mol. The molecule has 90 valence electrons. The van der Waals surface area contributed by atoms with E-state index in [1.165, 1.54) is 36.9 Å². The van der Waals surface area contributed by atoms with Crippen molar-refractivity contribution in [1.82, 2.24) is 5.32 Å². The van der Waals surface area contributed by atoms with Crippen LogP contribution in [-0.2, 0) is 6.54 Å². The highest BCUT2D eigenvalue weighted by Gasteiger charge is 2.42. The molecular formula is C15H20N2. The lowest BCUT2D eigenvalue weighted by atomic mass is 9.94. The maximum absolute atomic E-state index is 3.56. The second kappa shape index (κ2) is 3.49. The zero-order valence-corrected chi connectivity index (χ0v) is 10.5. The Bertz CT molecular complexity index is 466. The number of nitrogens with one attached hydrogen (secondary N) is 1. The van der Waals surface area contributed by atoms with Crippen molar-refractivity contribution in [3.8, 4) is 0 Å². The van der Waals surface area contributed by atoms with Crippen molar-refractivity contribution < 1.29 is 0 Å². The summed E-state index contributed by atoms with van der Waals surface area (Å²) < 4.78 is 0. The lowest BCUT2D eigenvalue weighted by molar-refractivity contribution is 0.578. The van der Waals surface area contributed by atoms with Crippen molar-refractivity contribution in [2.24, 2.45) is 0 Å². The van der Waals surface area contributed by atoms with Crippen molar-refractivity contribution in [1.29, 1.82) is 0 Å². The zero-order chi connectivity index (χ0) is 11.4. The van der Waals surface area contributed by atoms with Crippen LogP contribution in [0, 0.1) is 6.92 Å². The maximum atomic E-state index is 3.56. The molecule has 2 aliphatic heterocycles. The average Bonchev–Trinajstić information content (AvgIpc) is 2.80. The minimum absolute atomic E-state index is 0.811. The van der Waals surface area contributed by atoms with E-state index < -0.39 is 0 Å². The minimum Gasteiger partial charge on any atom is -0.366 e. The number of rotatable bonds is 0. The van der Waals surface area contributed by atoms with E-state index in [0.717, 1.165) is 25.0 Å². The Morgan fingerprint density at radius 1 is 1.29 bits per heavy atom. The summed E-state index contributed by atoms with van der Waals surface area (Å²) in [4.78, 5) is 2.71. The molecule has 0 bridgehead atoms. The van der Waals surface area contributed by atoms with Crippen molar-refractivity contribution in [3.63, 3.8) is 0 Å². The first-order valence-electron chi connectivity index (χ1n) is 6.95. The summed E-state index contributed by atoms with van der Waals surface area (Å²) in [7, 11) is 0. The van der Waals surface area contributed by atoms with E-state index in [1.54, 1.807) is 11.3 Å². The van der Waals surface area contributed by atoms with E-state index in [9.17, 15) is 0 Å². The molecule has 1 aromatic rings. The van der Waals surface area contributed by atoms with Crippen LogP contribution in [0.2, 0.25) is 0 Å². The van der Waals surface area contributed by atoms with Crippen LogP contribution >= 0.6 is 0 Å². The molecule has 2 atom stereocenters. The molecule has 0 saturated heterocycles. The minimum atomic E-state index is 0.811. The molecule has 2 nitrogen and oxygen atoms in total. The summed E-state index contributed by atoms with van der Waals surface area (Å²) in [5.74, 6) is 0.835. The number of hydrogen-bond donors (Lipinski definition) is 1. The third-order valence-electron chi connectivity index (χ3n) is 4.77. The summed E-state index contributed by atoms with van der Waals surface area (Å²) in [6, 6.07) is 5.64. The van der Waals surface area contributed by atoms with E-state index in [2.05, 4.69) is 29.3 Å². The predicted molar refractivity (Wildman–Crippen MR) is 70.6 cm³/mol.